The summed E-state index contributed by atoms with van der Waals surface area (Å²) in [7, 11) is 0. The van der Waals surface area contributed by atoms with Gasteiger partial charge in [0, 0.05) is 5.69 Å². The topological polar surface area (TPSA) is 32.3 Å². The van der Waals surface area contributed by atoms with Gasteiger partial charge < -0.3 is 10.4 Å². The number of aliphatic hydroxyl groups is 1. The maximum Gasteiger partial charge on any atom is 0.0761 e. The number of hydrogen-bond acceptors (Lipinski definition) is 2. The van der Waals surface area contributed by atoms with E-state index in [2.05, 4.69) is 41.7 Å². The average molecular weight is 321 g/mol. The largest absolute Gasteiger partial charge is 0.389 e. The summed E-state index contributed by atoms with van der Waals surface area (Å²) in [6.07, 6.45) is 6.37. The minimum absolute atomic E-state index is 0.405. The van der Waals surface area contributed by atoms with E-state index >= 15 is 0 Å². The lowest BCUT2D eigenvalue weighted by atomic mass is 9.85. The van der Waals surface area contributed by atoms with Crippen LogP contribution in [0.15, 0.2) is 48.5 Å². The average Bonchev–Trinajstić information content (AvgIpc) is 3.23. The van der Waals surface area contributed by atoms with Crippen molar-refractivity contribution >= 4 is 5.69 Å². The fraction of sp³-hybridized carbons (Fsp3) is 0.455. The molecule has 0 saturated heterocycles. The van der Waals surface area contributed by atoms with Crippen LogP contribution in [0.3, 0.4) is 0 Å². The smallest absolute Gasteiger partial charge is 0.0761 e. The zero-order valence-electron chi connectivity index (χ0n) is 14.4. The van der Waals surface area contributed by atoms with E-state index in [0.29, 0.717) is 12.0 Å². The highest BCUT2D eigenvalue weighted by Gasteiger charge is 2.38. The SMILES string of the molecule is CC(O)c1ccc(N[C@H]2c3ccccc3C[C@@H]2C2CCCC2)cc1. The summed E-state index contributed by atoms with van der Waals surface area (Å²) in [5, 5.41) is 13.5. The fourth-order valence-electron chi connectivity index (χ4n) is 4.67. The first kappa shape index (κ1) is 15.7. The van der Waals surface area contributed by atoms with Crippen molar-refractivity contribution < 1.29 is 5.11 Å². The molecule has 0 aliphatic heterocycles. The van der Waals surface area contributed by atoms with E-state index in [-0.39, 0.29) is 0 Å². The van der Waals surface area contributed by atoms with Crippen LogP contribution in [0.25, 0.3) is 0 Å². The lowest BCUT2D eigenvalue weighted by molar-refractivity contribution is 0.199. The van der Waals surface area contributed by atoms with Crippen molar-refractivity contribution in [3.05, 3.63) is 65.2 Å². The van der Waals surface area contributed by atoms with Gasteiger partial charge in [-0.1, -0.05) is 62.1 Å². The first-order chi connectivity index (χ1) is 11.7. The summed E-state index contributed by atoms with van der Waals surface area (Å²) in [5.41, 5.74) is 5.13. The molecule has 0 bridgehead atoms. The molecule has 3 atom stereocenters. The highest BCUT2D eigenvalue weighted by molar-refractivity contribution is 5.50. The standard InChI is InChI=1S/C22H27NO/c1-15(24)16-10-12-19(13-11-16)23-22-20-9-5-4-8-18(20)14-21(22)17-6-2-3-7-17/h4-5,8-13,15,17,21-24H,2-3,6-7,14H2,1H3/t15?,21-,22+/m1/s1. The first-order valence-electron chi connectivity index (χ1n) is 9.35. The molecular weight excluding hydrogens is 294 g/mol. The molecule has 1 unspecified atom stereocenters. The normalized spacial score (nSPS) is 24.8. The number of aliphatic hydroxyl groups excluding tert-OH is 1. The highest BCUT2D eigenvalue weighted by Crippen LogP contribution is 2.46. The Hall–Kier alpha value is -1.80. The number of rotatable bonds is 4. The van der Waals surface area contributed by atoms with Crippen molar-refractivity contribution in [2.45, 2.75) is 51.2 Å². The number of anilines is 1. The van der Waals surface area contributed by atoms with Gasteiger partial charge in [-0.25, -0.2) is 0 Å². The van der Waals surface area contributed by atoms with Crippen molar-refractivity contribution in [3.63, 3.8) is 0 Å². The molecule has 126 valence electrons. The van der Waals surface area contributed by atoms with Crippen molar-refractivity contribution in [2.75, 3.05) is 5.32 Å². The van der Waals surface area contributed by atoms with Crippen molar-refractivity contribution in [2.24, 2.45) is 11.8 Å². The van der Waals surface area contributed by atoms with Gasteiger partial charge in [0.05, 0.1) is 12.1 Å². The molecule has 2 nitrogen and oxygen atoms in total. The van der Waals surface area contributed by atoms with E-state index in [4.69, 9.17) is 0 Å². The van der Waals surface area contributed by atoms with Gasteiger partial charge in [0.25, 0.3) is 0 Å². The minimum atomic E-state index is -0.405. The Kier molecular flexibility index (Phi) is 4.32. The fourth-order valence-corrected chi connectivity index (χ4v) is 4.67. The molecule has 4 rings (SSSR count). The molecule has 2 aliphatic rings. The minimum Gasteiger partial charge on any atom is -0.389 e. The van der Waals surface area contributed by atoms with Crippen LogP contribution in [0.1, 0.15) is 61.4 Å². The third-order valence-electron chi connectivity index (χ3n) is 5.99. The van der Waals surface area contributed by atoms with Crippen LogP contribution < -0.4 is 5.32 Å². The molecule has 2 heteroatoms. The van der Waals surface area contributed by atoms with Crippen LogP contribution in [0, 0.1) is 11.8 Å². The third kappa shape index (κ3) is 2.95. The van der Waals surface area contributed by atoms with E-state index in [9.17, 15) is 5.11 Å². The molecular formula is C22H27NO. The maximum atomic E-state index is 9.69. The predicted molar refractivity (Wildman–Crippen MR) is 99.0 cm³/mol. The van der Waals surface area contributed by atoms with Crippen LogP contribution in [0.5, 0.6) is 0 Å². The van der Waals surface area contributed by atoms with Gasteiger partial charge in [-0.15, -0.1) is 0 Å². The number of nitrogens with one attached hydrogen (secondary N) is 1. The van der Waals surface area contributed by atoms with E-state index in [0.717, 1.165) is 17.2 Å². The Morgan fingerprint density at radius 1 is 1.00 bits per heavy atom. The van der Waals surface area contributed by atoms with Crippen LogP contribution >= 0.6 is 0 Å². The van der Waals surface area contributed by atoms with E-state index < -0.39 is 6.10 Å². The Bertz CT molecular complexity index is 685. The molecule has 1 saturated carbocycles. The molecule has 2 N–H and O–H groups in total. The molecule has 2 aromatic carbocycles. The summed E-state index contributed by atoms with van der Waals surface area (Å²) in [4.78, 5) is 0. The van der Waals surface area contributed by atoms with Crippen LogP contribution in [-0.4, -0.2) is 5.11 Å². The Morgan fingerprint density at radius 2 is 1.71 bits per heavy atom. The molecule has 0 heterocycles. The van der Waals surface area contributed by atoms with Gasteiger partial charge in [-0.3, -0.25) is 0 Å². The van der Waals surface area contributed by atoms with Gasteiger partial charge in [0.1, 0.15) is 0 Å². The second-order valence-corrected chi connectivity index (χ2v) is 7.53. The quantitative estimate of drug-likeness (QED) is 0.805. The molecule has 0 amide bonds. The monoisotopic (exact) mass is 321 g/mol. The molecule has 2 aromatic rings. The van der Waals surface area contributed by atoms with Gasteiger partial charge in [-0.2, -0.15) is 0 Å². The van der Waals surface area contributed by atoms with Crippen molar-refractivity contribution in [1.29, 1.82) is 0 Å². The molecule has 2 aliphatic carbocycles. The third-order valence-corrected chi connectivity index (χ3v) is 5.99. The Labute approximate surface area is 144 Å². The second-order valence-electron chi connectivity index (χ2n) is 7.53. The zero-order valence-corrected chi connectivity index (χ0v) is 14.4. The first-order valence-corrected chi connectivity index (χ1v) is 9.35. The van der Waals surface area contributed by atoms with Gasteiger partial charge in [0.2, 0.25) is 0 Å². The molecule has 0 spiro atoms. The summed E-state index contributed by atoms with van der Waals surface area (Å²) in [5.74, 6) is 1.56. The maximum absolute atomic E-state index is 9.69. The predicted octanol–water partition coefficient (Wildman–Crippen LogP) is 5.26. The van der Waals surface area contributed by atoms with Crippen molar-refractivity contribution in [1.82, 2.24) is 0 Å². The van der Waals surface area contributed by atoms with E-state index in [1.54, 1.807) is 0 Å². The van der Waals surface area contributed by atoms with Crippen LogP contribution in [0.4, 0.5) is 5.69 Å². The van der Waals surface area contributed by atoms with E-state index in [1.807, 2.05) is 19.1 Å². The van der Waals surface area contributed by atoms with Gasteiger partial charge in [-0.05, 0) is 54.0 Å². The van der Waals surface area contributed by atoms with Crippen LogP contribution in [0.2, 0.25) is 0 Å². The Morgan fingerprint density at radius 3 is 2.42 bits per heavy atom. The van der Waals surface area contributed by atoms with Gasteiger partial charge >= 0.3 is 0 Å². The van der Waals surface area contributed by atoms with Crippen LogP contribution in [-0.2, 0) is 6.42 Å². The van der Waals surface area contributed by atoms with E-state index in [1.165, 1.54) is 43.2 Å². The molecule has 24 heavy (non-hydrogen) atoms. The molecule has 0 radical (unpaired) electrons. The lowest BCUT2D eigenvalue weighted by Gasteiger charge is -2.28. The second kappa shape index (κ2) is 6.60. The summed E-state index contributed by atoms with van der Waals surface area (Å²) >= 11 is 0. The van der Waals surface area contributed by atoms with Crippen molar-refractivity contribution in [3.8, 4) is 0 Å². The lowest BCUT2D eigenvalue weighted by Crippen LogP contribution is -2.23. The summed E-state index contributed by atoms with van der Waals surface area (Å²) < 4.78 is 0. The van der Waals surface area contributed by atoms with Gasteiger partial charge in [0.15, 0.2) is 0 Å². The number of hydrogen-bond donors (Lipinski definition) is 2. The number of benzene rings is 2. The highest BCUT2D eigenvalue weighted by atomic mass is 16.3. The Balaban J connectivity index is 1.59. The summed E-state index contributed by atoms with van der Waals surface area (Å²) in [6, 6.07) is 17.6. The molecule has 0 aromatic heterocycles. The molecule has 1 fully saturated rings. The zero-order chi connectivity index (χ0) is 16.5. The summed E-state index contributed by atoms with van der Waals surface area (Å²) in [6.45, 7) is 1.81. The number of fused-ring (bicyclic) bond motifs is 1.